The van der Waals surface area contributed by atoms with Crippen molar-refractivity contribution < 1.29 is 23.7 Å². The maximum atomic E-state index is 12.9. The maximum absolute atomic E-state index is 12.9. The van der Waals surface area contributed by atoms with Crippen molar-refractivity contribution in [2.24, 2.45) is 5.41 Å². The Labute approximate surface area is 194 Å². The summed E-state index contributed by atoms with van der Waals surface area (Å²) in [6.45, 7) is 7.62. The number of hydrogen-bond acceptors (Lipinski definition) is 6. The van der Waals surface area contributed by atoms with Crippen LogP contribution in [0.4, 0.5) is 0 Å². The van der Waals surface area contributed by atoms with E-state index in [9.17, 15) is 9.59 Å². The van der Waals surface area contributed by atoms with Gasteiger partial charge in [0.15, 0.2) is 16.9 Å². The van der Waals surface area contributed by atoms with Gasteiger partial charge in [-0.15, -0.1) is 0 Å². The Balaban J connectivity index is 1.86. The zero-order valence-electron chi connectivity index (χ0n) is 20.1. The van der Waals surface area contributed by atoms with Crippen molar-refractivity contribution in [1.82, 2.24) is 4.57 Å². The first kappa shape index (κ1) is 23.4. The van der Waals surface area contributed by atoms with Crippen LogP contribution < -0.4 is 14.9 Å². The zero-order valence-corrected chi connectivity index (χ0v) is 20.1. The van der Waals surface area contributed by atoms with Gasteiger partial charge in [-0.1, -0.05) is 13.8 Å². The standard InChI is InChI=1S/C26H33NO6/c1-6-32-25(29)19-15-27-20(14-21(19)28)18-13-22(31-5)23(33-11-7-10-30-4)12-17(18)16-8-9-26(2,3)24(16)27/h12-16,24H,6-11H2,1-5H3. The van der Waals surface area contributed by atoms with Gasteiger partial charge in [0.1, 0.15) is 5.56 Å². The molecule has 33 heavy (non-hydrogen) atoms. The van der Waals surface area contributed by atoms with Gasteiger partial charge in [0, 0.05) is 49.9 Å². The Kier molecular flexibility index (Phi) is 6.52. The average Bonchev–Trinajstić information content (AvgIpc) is 3.11. The number of rotatable bonds is 8. The topological polar surface area (TPSA) is 76.0 Å². The predicted octanol–water partition coefficient (Wildman–Crippen LogP) is 4.57. The number of carbonyl (C=O) groups is 1. The third-order valence-electron chi connectivity index (χ3n) is 6.92. The molecule has 7 heteroatoms. The number of benzene rings is 1. The Hall–Kier alpha value is -2.80. The molecule has 1 saturated carbocycles. The third kappa shape index (κ3) is 4.14. The van der Waals surface area contributed by atoms with E-state index in [4.69, 9.17) is 18.9 Å². The van der Waals surface area contributed by atoms with Crippen LogP contribution in [0.15, 0.2) is 29.2 Å². The Morgan fingerprint density at radius 1 is 1.15 bits per heavy atom. The van der Waals surface area contributed by atoms with Gasteiger partial charge in [0.05, 0.1) is 26.0 Å². The molecule has 0 amide bonds. The molecule has 4 rings (SSSR count). The van der Waals surface area contributed by atoms with Gasteiger partial charge in [-0.05, 0) is 42.9 Å². The van der Waals surface area contributed by atoms with Gasteiger partial charge in [-0.2, -0.15) is 0 Å². The fourth-order valence-electron chi connectivity index (χ4n) is 5.39. The summed E-state index contributed by atoms with van der Waals surface area (Å²) in [5.41, 5.74) is 2.65. The fourth-order valence-corrected chi connectivity index (χ4v) is 5.39. The van der Waals surface area contributed by atoms with Crippen molar-refractivity contribution in [2.75, 3.05) is 34.0 Å². The quantitative estimate of drug-likeness (QED) is 0.429. The summed E-state index contributed by atoms with van der Waals surface area (Å²) in [6.07, 6.45) is 4.54. The molecule has 7 nitrogen and oxygen atoms in total. The SMILES string of the molecule is CCOC(=O)c1cn2c(cc1=O)-c1cc(OC)c(OCCCOC)cc1C1CCC(C)(C)C12. The summed E-state index contributed by atoms with van der Waals surface area (Å²) in [7, 11) is 3.29. The lowest BCUT2D eigenvalue weighted by Crippen LogP contribution is -2.32. The van der Waals surface area contributed by atoms with E-state index >= 15 is 0 Å². The normalized spacial score (nSPS) is 19.9. The lowest BCUT2D eigenvalue weighted by atomic mass is 9.77. The summed E-state index contributed by atoms with van der Waals surface area (Å²) in [5, 5.41) is 0. The number of nitrogens with zero attached hydrogens (tertiary/aromatic N) is 1. The highest BCUT2D eigenvalue weighted by molar-refractivity contribution is 5.89. The molecule has 0 spiro atoms. The van der Waals surface area contributed by atoms with Crippen LogP contribution in [0.2, 0.25) is 0 Å². The lowest BCUT2D eigenvalue weighted by Gasteiger charge is -2.40. The molecule has 2 aromatic rings. The van der Waals surface area contributed by atoms with E-state index in [1.165, 1.54) is 0 Å². The third-order valence-corrected chi connectivity index (χ3v) is 6.92. The molecule has 0 radical (unpaired) electrons. The molecule has 1 aromatic carbocycles. The van der Waals surface area contributed by atoms with E-state index in [0.717, 1.165) is 36.1 Å². The number of aromatic nitrogens is 1. The Morgan fingerprint density at radius 2 is 1.94 bits per heavy atom. The summed E-state index contributed by atoms with van der Waals surface area (Å²) in [6, 6.07) is 5.71. The molecule has 0 bridgehead atoms. The maximum Gasteiger partial charge on any atom is 0.343 e. The molecule has 2 aliphatic rings. The first-order chi connectivity index (χ1) is 15.8. The largest absolute Gasteiger partial charge is 0.493 e. The number of hydrogen-bond donors (Lipinski definition) is 0. The molecule has 2 unspecified atom stereocenters. The number of pyridine rings is 1. The molecule has 2 heterocycles. The molecule has 0 N–H and O–H groups in total. The smallest absolute Gasteiger partial charge is 0.343 e. The molecule has 178 valence electrons. The average molecular weight is 456 g/mol. The predicted molar refractivity (Wildman–Crippen MR) is 125 cm³/mol. The highest BCUT2D eigenvalue weighted by Gasteiger charge is 2.47. The Morgan fingerprint density at radius 3 is 2.64 bits per heavy atom. The highest BCUT2D eigenvalue weighted by atomic mass is 16.5. The van der Waals surface area contributed by atoms with E-state index < -0.39 is 5.97 Å². The van der Waals surface area contributed by atoms with Crippen molar-refractivity contribution in [3.8, 4) is 22.8 Å². The van der Waals surface area contributed by atoms with Crippen molar-refractivity contribution in [2.45, 2.75) is 52.0 Å². The second-order valence-corrected chi connectivity index (χ2v) is 9.43. The zero-order chi connectivity index (χ0) is 23.8. The summed E-state index contributed by atoms with van der Waals surface area (Å²) in [4.78, 5) is 25.4. The van der Waals surface area contributed by atoms with E-state index in [1.54, 1.807) is 33.4 Å². The number of carbonyl (C=O) groups excluding carboxylic acids is 1. The van der Waals surface area contributed by atoms with Crippen molar-refractivity contribution in [3.63, 3.8) is 0 Å². The van der Waals surface area contributed by atoms with Crippen LogP contribution in [-0.2, 0) is 9.47 Å². The van der Waals surface area contributed by atoms with Crippen LogP contribution in [0.25, 0.3) is 11.3 Å². The molecular weight excluding hydrogens is 422 g/mol. The molecule has 2 atom stereocenters. The van der Waals surface area contributed by atoms with Crippen LogP contribution >= 0.6 is 0 Å². The molecule has 0 saturated heterocycles. The number of ether oxygens (including phenoxy) is 4. The van der Waals surface area contributed by atoms with Gasteiger partial charge in [0.25, 0.3) is 0 Å². The molecule has 1 aromatic heterocycles. The van der Waals surface area contributed by atoms with E-state index in [2.05, 4.69) is 24.5 Å². The monoisotopic (exact) mass is 455 g/mol. The van der Waals surface area contributed by atoms with Crippen LogP contribution in [0.5, 0.6) is 11.5 Å². The van der Waals surface area contributed by atoms with Gasteiger partial charge in [-0.3, -0.25) is 4.79 Å². The number of fused-ring (bicyclic) bond motifs is 6. The molecular formula is C26H33NO6. The molecule has 1 aliphatic heterocycles. The van der Waals surface area contributed by atoms with Gasteiger partial charge in [0.2, 0.25) is 0 Å². The summed E-state index contributed by atoms with van der Waals surface area (Å²) in [5.74, 6) is 0.991. The van der Waals surface area contributed by atoms with E-state index in [1.807, 2.05) is 6.07 Å². The lowest BCUT2D eigenvalue weighted by molar-refractivity contribution is 0.0523. The summed E-state index contributed by atoms with van der Waals surface area (Å²) >= 11 is 0. The van der Waals surface area contributed by atoms with Gasteiger partial charge in [-0.25, -0.2) is 4.79 Å². The second kappa shape index (κ2) is 9.21. The van der Waals surface area contributed by atoms with E-state index in [0.29, 0.717) is 24.7 Å². The van der Waals surface area contributed by atoms with Crippen LogP contribution in [0.1, 0.15) is 67.9 Å². The van der Waals surface area contributed by atoms with Gasteiger partial charge >= 0.3 is 5.97 Å². The fraction of sp³-hybridized carbons (Fsp3) is 0.538. The van der Waals surface area contributed by atoms with Gasteiger partial charge < -0.3 is 23.5 Å². The number of esters is 1. The van der Waals surface area contributed by atoms with Crippen LogP contribution in [-0.4, -0.2) is 44.6 Å². The highest BCUT2D eigenvalue weighted by Crippen LogP contribution is 2.59. The van der Waals surface area contributed by atoms with Crippen molar-refractivity contribution in [3.05, 3.63) is 45.7 Å². The Bertz CT molecular complexity index is 1100. The first-order valence-electron chi connectivity index (χ1n) is 11.6. The minimum atomic E-state index is -0.576. The van der Waals surface area contributed by atoms with E-state index in [-0.39, 0.29) is 35.0 Å². The van der Waals surface area contributed by atoms with Crippen molar-refractivity contribution in [1.29, 1.82) is 0 Å². The second-order valence-electron chi connectivity index (χ2n) is 9.43. The van der Waals surface area contributed by atoms with Crippen LogP contribution in [0, 0.1) is 5.41 Å². The summed E-state index contributed by atoms with van der Waals surface area (Å²) < 4.78 is 24.1. The number of methoxy groups -OCH3 is 2. The molecule has 1 aliphatic carbocycles. The minimum absolute atomic E-state index is 0.00246. The van der Waals surface area contributed by atoms with Crippen molar-refractivity contribution >= 4 is 5.97 Å². The van der Waals surface area contributed by atoms with Crippen LogP contribution in [0.3, 0.4) is 0 Å². The first-order valence-corrected chi connectivity index (χ1v) is 11.6. The molecule has 1 fully saturated rings. The minimum Gasteiger partial charge on any atom is -0.493 e.